The minimum absolute atomic E-state index is 0.145. The number of nitrogens with zero attached hydrogens (tertiary/aromatic N) is 2. The lowest BCUT2D eigenvalue weighted by Crippen LogP contribution is -1.98. The van der Waals surface area contributed by atoms with Gasteiger partial charge in [0.2, 0.25) is 0 Å². The van der Waals surface area contributed by atoms with Crippen molar-refractivity contribution >= 4 is 17.2 Å². The maximum Gasteiger partial charge on any atom is 0.190 e. The van der Waals surface area contributed by atoms with Gasteiger partial charge >= 0.3 is 0 Å². The first-order valence-electron chi connectivity index (χ1n) is 5.23. The van der Waals surface area contributed by atoms with E-state index in [0.717, 1.165) is 12.1 Å². The number of pyridine rings is 1. The van der Waals surface area contributed by atoms with Crippen LogP contribution in [-0.4, -0.2) is 12.1 Å². The molecule has 0 bridgehead atoms. The summed E-state index contributed by atoms with van der Waals surface area (Å²) in [6.45, 7) is 0. The van der Waals surface area contributed by atoms with Crippen LogP contribution in [0.4, 0.5) is 26.0 Å². The minimum atomic E-state index is -0.838. The summed E-state index contributed by atoms with van der Waals surface area (Å²) in [4.78, 5) is 14.3. The molecule has 0 atom stereocenters. The lowest BCUT2D eigenvalue weighted by Gasteiger charge is -2.08. The van der Waals surface area contributed by atoms with Gasteiger partial charge in [-0.2, -0.15) is 0 Å². The van der Waals surface area contributed by atoms with Gasteiger partial charge < -0.3 is 10.1 Å². The van der Waals surface area contributed by atoms with Crippen molar-refractivity contribution in [3.63, 3.8) is 0 Å². The van der Waals surface area contributed by atoms with Crippen LogP contribution in [0.5, 0.6) is 5.75 Å². The Hall–Kier alpha value is -2.57. The van der Waals surface area contributed by atoms with Gasteiger partial charge in [0.1, 0.15) is 11.5 Å². The lowest BCUT2D eigenvalue weighted by molar-refractivity contribution is 0.360. The van der Waals surface area contributed by atoms with Crippen LogP contribution >= 0.6 is 0 Å². The molecule has 0 saturated heterocycles. The van der Waals surface area contributed by atoms with Crippen molar-refractivity contribution in [3.05, 3.63) is 47.0 Å². The first-order chi connectivity index (χ1) is 9.13. The van der Waals surface area contributed by atoms with Gasteiger partial charge in [-0.1, -0.05) is 0 Å². The average molecular weight is 265 g/mol. The fourth-order valence-electron chi connectivity index (χ4n) is 1.52. The third kappa shape index (κ3) is 2.82. The van der Waals surface area contributed by atoms with E-state index in [1.54, 1.807) is 0 Å². The molecule has 98 valence electrons. The normalized spacial score (nSPS) is 10.1. The van der Waals surface area contributed by atoms with Crippen LogP contribution in [0.3, 0.4) is 0 Å². The number of ether oxygens (including phenoxy) is 1. The van der Waals surface area contributed by atoms with Crippen LogP contribution in [0.2, 0.25) is 0 Å². The molecule has 5 nitrogen and oxygen atoms in total. The van der Waals surface area contributed by atoms with Crippen molar-refractivity contribution in [1.29, 1.82) is 0 Å². The maximum atomic E-state index is 13.5. The van der Waals surface area contributed by atoms with Crippen LogP contribution in [0.1, 0.15) is 0 Å². The summed E-state index contributed by atoms with van der Waals surface area (Å²) in [6.07, 6.45) is 1.36. The second-order valence-electron chi connectivity index (χ2n) is 3.59. The van der Waals surface area contributed by atoms with Gasteiger partial charge in [-0.15, -0.1) is 4.91 Å². The predicted molar refractivity (Wildman–Crippen MR) is 65.9 cm³/mol. The van der Waals surface area contributed by atoms with Crippen LogP contribution < -0.4 is 10.1 Å². The summed E-state index contributed by atoms with van der Waals surface area (Å²) in [7, 11) is 1.18. The Balaban J connectivity index is 2.30. The van der Waals surface area contributed by atoms with E-state index < -0.39 is 17.4 Å². The van der Waals surface area contributed by atoms with E-state index in [9.17, 15) is 13.7 Å². The molecule has 1 heterocycles. The Bertz CT molecular complexity index is 597. The van der Waals surface area contributed by atoms with Gasteiger partial charge in [0, 0.05) is 30.1 Å². The Morgan fingerprint density at radius 1 is 1.26 bits per heavy atom. The Morgan fingerprint density at radius 3 is 2.53 bits per heavy atom. The van der Waals surface area contributed by atoms with E-state index in [1.807, 2.05) is 0 Å². The molecule has 0 aliphatic rings. The summed E-state index contributed by atoms with van der Waals surface area (Å²) in [5.41, 5.74) is 0.304. The lowest BCUT2D eigenvalue weighted by atomic mass is 10.2. The number of halogens is 2. The number of benzene rings is 1. The molecular formula is C12H9F2N3O2. The zero-order valence-corrected chi connectivity index (χ0v) is 9.85. The highest BCUT2D eigenvalue weighted by Gasteiger charge is 2.11. The summed E-state index contributed by atoms with van der Waals surface area (Å²) in [6, 6.07) is 4.88. The zero-order valence-electron chi connectivity index (χ0n) is 9.85. The minimum Gasteiger partial charge on any atom is -0.491 e. The highest BCUT2D eigenvalue weighted by atomic mass is 19.1. The number of nitrogens with one attached hydrogen (secondary N) is 1. The number of aromatic nitrogens is 1. The molecule has 0 aliphatic carbocycles. The van der Waals surface area contributed by atoms with Crippen LogP contribution in [0.15, 0.2) is 35.6 Å². The van der Waals surface area contributed by atoms with E-state index in [-0.39, 0.29) is 17.2 Å². The number of anilines is 2. The number of hydrogen-bond acceptors (Lipinski definition) is 5. The standard InChI is InChI=1S/C12H9F2N3O2/c1-19-12-9(13)4-8(5-10(12)14)16-11-6-7(17-18)2-3-15-11/h2-6H,1H3,(H,15,16). The van der Waals surface area contributed by atoms with Crippen LogP contribution in [0, 0.1) is 16.5 Å². The van der Waals surface area contributed by atoms with Gasteiger partial charge in [-0.3, -0.25) is 0 Å². The van der Waals surface area contributed by atoms with E-state index in [4.69, 9.17) is 0 Å². The number of methoxy groups -OCH3 is 1. The van der Waals surface area contributed by atoms with Gasteiger partial charge in [0.05, 0.1) is 7.11 Å². The van der Waals surface area contributed by atoms with Crippen LogP contribution in [-0.2, 0) is 0 Å². The molecule has 1 aromatic heterocycles. The van der Waals surface area contributed by atoms with Gasteiger partial charge in [0.25, 0.3) is 0 Å². The highest BCUT2D eigenvalue weighted by Crippen LogP contribution is 2.27. The second kappa shape index (κ2) is 5.38. The molecule has 7 heteroatoms. The van der Waals surface area contributed by atoms with E-state index in [2.05, 4.69) is 20.2 Å². The second-order valence-corrected chi connectivity index (χ2v) is 3.59. The molecule has 0 fully saturated rings. The fourth-order valence-corrected chi connectivity index (χ4v) is 1.52. The Morgan fingerprint density at radius 2 is 1.95 bits per heavy atom. The van der Waals surface area contributed by atoms with Crippen molar-refractivity contribution in [1.82, 2.24) is 4.98 Å². The topological polar surface area (TPSA) is 63.6 Å². The van der Waals surface area contributed by atoms with Crippen molar-refractivity contribution in [2.75, 3.05) is 12.4 Å². The van der Waals surface area contributed by atoms with Crippen molar-refractivity contribution in [3.8, 4) is 5.75 Å². The van der Waals surface area contributed by atoms with Crippen molar-refractivity contribution in [2.45, 2.75) is 0 Å². The first-order valence-corrected chi connectivity index (χ1v) is 5.23. The molecule has 19 heavy (non-hydrogen) atoms. The quantitative estimate of drug-likeness (QED) is 0.859. The summed E-state index contributed by atoms with van der Waals surface area (Å²) in [5, 5.41) is 5.40. The molecule has 0 aliphatic heterocycles. The van der Waals surface area contributed by atoms with Crippen LogP contribution in [0.25, 0.3) is 0 Å². The average Bonchev–Trinajstić information content (AvgIpc) is 2.38. The Labute approximate surface area is 107 Å². The predicted octanol–water partition coefficient (Wildman–Crippen LogP) is 3.51. The molecule has 0 saturated carbocycles. The molecule has 0 amide bonds. The molecular weight excluding hydrogens is 256 g/mol. The van der Waals surface area contributed by atoms with E-state index >= 15 is 0 Å². The van der Waals surface area contributed by atoms with Gasteiger partial charge in [0.15, 0.2) is 17.4 Å². The third-order valence-corrected chi connectivity index (χ3v) is 2.32. The molecule has 0 radical (unpaired) electrons. The Kier molecular flexibility index (Phi) is 3.65. The highest BCUT2D eigenvalue weighted by molar-refractivity contribution is 5.60. The molecule has 1 aromatic carbocycles. The fraction of sp³-hybridized carbons (Fsp3) is 0.0833. The van der Waals surface area contributed by atoms with E-state index in [1.165, 1.54) is 25.4 Å². The number of hydrogen-bond donors (Lipinski definition) is 1. The molecule has 2 rings (SSSR count). The third-order valence-electron chi connectivity index (χ3n) is 2.32. The largest absolute Gasteiger partial charge is 0.491 e. The van der Waals surface area contributed by atoms with E-state index in [0.29, 0.717) is 0 Å². The maximum absolute atomic E-state index is 13.5. The number of rotatable bonds is 4. The zero-order chi connectivity index (χ0) is 13.8. The van der Waals surface area contributed by atoms with Crippen molar-refractivity contribution in [2.24, 2.45) is 5.18 Å². The summed E-state index contributed by atoms with van der Waals surface area (Å²) < 4.78 is 31.5. The summed E-state index contributed by atoms with van der Waals surface area (Å²) in [5.74, 6) is -1.88. The first kappa shape index (κ1) is 12.9. The molecule has 2 aromatic rings. The SMILES string of the molecule is COc1c(F)cc(Nc2cc(N=O)ccn2)cc1F. The smallest absolute Gasteiger partial charge is 0.190 e. The van der Waals surface area contributed by atoms with Crippen molar-refractivity contribution < 1.29 is 13.5 Å². The monoisotopic (exact) mass is 265 g/mol. The molecule has 0 spiro atoms. The summed E-state index contributed by atoms with van der Waals surface area (Å²) >= 11 is 0. The van der Waals surface area contributed by atoms with Gasteiger partial charge in [-0.25, -0.2) is 13.8 Å². The van der Waals surface area contributed by atoms with Gasteiger partial charge in [-0.05, 0) is 11.2 Å². The number of nitroso groups, excluding NO2 is 1. The molecule has 0 unspecified atom stereocenters. The molecule has 1 N–H and O–H groups in total.